The van der Waals surface area contributed by atoms with Gasteiger partial charge in [0.1, 0.15) is 5.82 Å². The standard InChI is InChI=1S/C22H20FN3O4S/c1-14-3-2-4-16(11-14)20(28)25-13-19(27)24-9-10-26-21(29)18(31-22(26)30)12-15-5-7-17(23)8-6-15/h2-8,11-12H,9-10,13H2,1H3,(H,24,27)(H,25,28). The van der Waals surface area contributed by atoms with Crippen LogP contribution in [0.4, 0.5) is 9.18 Å². The molecule has 0 saturated carbocycles. The first-order valence-corrected chi connectivity index (χ1v) is 10.3. The zero-order valence-corrected chi connectivity index (χ0v) is 17.5. The van der Waals surface area contributed by atoms with E-state index in [1.54, 1.807) is 18.2 Å². The van der Waals surface area contributed by atoms with E-state index in [0.29, 0.717) is 11.1 Å². The van der Waals surface area contributed by atoms with Crippen molar-refractivity contribution in [3.8, 4) is 0 Å². The fourth-order valence-electron chi connectivity index (χ4n) is 2.82. The van der Waals surface area contributed by atoms with Crippen molar-refractivity contribution in [3.05, 3.63) is 75.9 Å². The highest BCUT2D eigenvalue weighted by atomic mass is 32.2. The Morgan fingerprint density at radius 1 is 1.10 bits per heavy atom. The fourth-order valence-corrected chi connectivity index (χ4v) is 3.69. The molecule has 0 unspecified atom stereocenters. The van der Waals surface area contributed by atoms with Gasteiger partial charge in [0, 0.05) is 18.7 Å². The third-order valence-electron chi connectivity index (χ3n) is 4.39. The van der Waals surface area contributed by atoms with Crippen molar-refractivity contribution in [2.24, 2.45) is 0 Å². The number of amides is 4. The number of carbonyl (C=O) groups excluding carboxylic acids is 4. The van der Waals surface area contributed by atoms with E-state index in [0.717, 1.165) is 22.2 Å². The van der Waals surface area contributed by atoms with Crippen molar-refractivity contribution in [3.63, 3.8) is 0 Å². The van der Waals surface area contributed by atoms with E-state index in [1.807, 2.05) is 13.0 Å². The molecule has 0 spiro atoms. The molecule has 0 aromatic heterocycles. The maximum Gasteiger partial charge on any atom is 0.293 e. The van der Waals surface area contributed by atoms with Crippen LogP contribution in [0.3, 0.4) is 0 Å². The van der Waals surface area contributed by atoms with Gasteiger partial charge in [-0.25, -0.2) is 4.39 Å². The van der Waals surface area contributed by atoms with Crippen LogP contribution in [0.2, 0.25) is 0 Å². The number of hydrogen-bond acceptors (Lipinski definition) is 5. The number of thioether (sulfide) groups is 1. The average Bonchev–Trinajstić information content (AvgIpc) is 3.01. The zero-order valence-electron chi connectivity index (χ0n) is 16.7. The van der Waals surface area contributed by atoms with Crippen molar-refractivity contribution >= 4 is 40.8 Å². The summed E-state index contributed by atoms with van der Waals surface area (Å²) in [6.45, 7) is 1.70. The molecule has 2 aromatic rings. The van der Waals surface area contributed by atoms with Crippen molar-refractivity contribution in [1.29, 1.82) is 0 Å². The minimum Gasteiger partial charge on any atom is -0.353 e. The lowest BCUT2D eigenvalue weighted by molar-refractivity contribution is -0.124. The molecular formula is C22H20FN3O4S. The predicted molar refractivity (Wildman–Crippen MR) is 116 cm³/mol. The van der Waals surface area contributed by atoms with Crippen LogP contribution in [-0.4, -0.2) is 47.5 Å². The smallest absolute Gasteiger partial charge is 0.293 e. The first kappa shape index (κ1) is 22.2. The average molecular weight is 441 g/mol. The van der Waals surface area contributed by atoms with Crippen molar-refractivity contribution in [2.75, 3.05) is 19.6 Å². The Morgan fingerprint density at radius 2 is 1.84 bits per heavy atom. The van der Waals surface area contributed by atoms with Crippen LogP contribution >= 0.6 is 11.8 Å². The van der Waals surface area contributed by atoms with Crippen LogP contribution in [0.25, 0.3) is 6.08 Å². The molecule has 0 aliphatic carbocycles. The number of rotatable bonds is 7. The second-order valence-corrected chi connectivity index (χ2v) is 7.78. The number of carbonyl (C=O) groups is 4. The highest BCUT2D eigenvalue weighted by molar-refractivity contribution is 8.18. The third-order valence-corrected chi connectivity index (χ3v) is 5.30. The molecule has 2 N–H and O–H groups in total. The summed E-state index contributed by atoms with van der Waals surface area (Å²) in [4.78, 5) is 49.8. The largest absolute Gasteiger partial charge is 0.353 e. The van der Waals surface area contributed by atoms with Gasteiger partial charge < -0.3 is 10.6 Å². The van der Waals surface area contributed by atoms with Gasteiger partial charge >= 0.3 is 0 Å². The normalized spacial score (nSPS) is 14.8. The zero-order chi connectivity index (χ0) is 22.4. The van der Waals surface area contributed by atoms with Gasteiger partial charge in [-0.15, -0.1) is 0 Å². The topological polar surface area (TPSA) is 95.6 Å². The number of halogens is 1. The lowest BCUT2D eigenvalue weighted by Crippen LogP contribution is -2.41. The third kappa shape index (κ3) is 6.02. The molecule has 4 amide bonds. The van der Waals surface area contributed by atoms with Crippen molar-refractivity contribution in [1.82, 2.24) is 15.5 Å². The van der Waals surface area contributed by atoms with E-state index in [2.05, 4.69) is 10.6 Å². The molecule has 1 saturated heterocycles. The lowest BCUT2D eigenvalue weighted by Gasteiger charge is -2.13. The van der Waals surface area contributed by atoms with E-state index >= 15 is 0 Å². The van der Waals surface area contributed by atoms with Crippen LogP contribution in [0.1, 0.15) is 21.5 Å². The van der Waals surface area contributed by atoms with Gasteiger partial charge in [0.25, 0.3) is 17.1 Å². The number of benzene rings is 2. The first-order chi connectivity index (χ1) is 14.8. The fraction of sp³-hybridized carbons (Fsp3) is 0.182. The van der Waals surface area contributed by atoms with Gasteiger partial charge in [-0.05, 0) is 54.6 Å². The molecule has 7 nitrogen and oxygen atoms in total. The SMILES string of the molecule is Cc1cccc(C(=O)NCC(=O)NCCN2C(=O)SC(=Cc3ccc(F)cc3)C2=O)c1. The Hall–Kier alpha value is -3.46. The summed E-state index contributed by atoms with van der Waals surface area (Å²) >= 11 is 0.788. The summed E-state index contributed by atoms with van der Waals surface area (Å²) in [6.07, 6.45) is 1.52. The Morgan fingerprint density at radius 3 is 2.55 bits per heavy atom. The Kier molecular flexibility index (Phi) is 7.19. The minimum atomic E-state index is -0.471. The highest BCUT2D eigenvalue weighted by Gasteiger charge is 2.34. The molecule has 2 aromatic carbocycles. The summed E-state index contributed by atoms with van der Waals surface area (Å²) < 4.78 is 13.0. The van der Waals surface area contributed by atoms with Crippen LogP contribution in [0.5, 0.6) is 0 Å². The predicted octanol–water partition coefficient (Wildman–Crippen LogP) is 2.72. The van der Waals surface area contributed by atoms with Gasteiger partial charge in [-0.3, -0.25) is 24.1 Å². The Balaban J connectivity index is 1.46. The molecule has 31 heavy (non-hydrogen) atoms. The van der Waals surface area contributed by atoms with Crippen LogP contribution in [0, 0.1) is 12.7 Å². The van der Waals surface area contributed by atoms with Gasteiger partial charge in [0.05, 0.1) is 11.4 Å². The van der Waals surface area contributed by atoms with Gasteiger partial charge in [-0.1, -0.05) is 29.8 Å². The molecule has 1 aliphatic rings. The summed E-state index contributed by atoms with van der Waals surface area (Å²) in [7, 11) is 0. The van der Waals surface area contributed by atoms with E-state index in [1.165, 1.54) is 30.3 Å². The molecule has 0 radical (unpaired) electrons. The van der Waals surface area contributed by atoms with Gasteiger partial charge in [-0.2, -0.15) is 0 Å². The maximum atomic E-state index is 13.0. The molecular weight excluding hydrogens is 421 g/mol. The number of aryl methyl sites for hydroxylation is 1. The van der Waals surface area contributed by atoms with Crippen molar-refractivity contribution in [2.45, 2.75) is 6.92 Å². The summed E-state index contributed by atoms with van der Waals surface area (Å²) in [5.41, 5.74) is 1.99. The first-order valence-electron chi connectivity index (χ1n) is 9.46. The molecule has 0 atom stereocenters. The second-order valence-electron chi connectivity index (χ2n) is 6.79. The van der Waals surface area contributed by atoms with E-state index in [4.69, 9.17) is 0 Å². The number of hydrogen-bond donors (Lipinski definition) is 2. The monoisotopic (exact) mass is 441 g/mol. The number of nitrogens with one attached hydrogen (secondary N) is 2. The highest BCUT2D eigenvalue weighted by Crippen LogP contribution is 2.31. The molecule has 0 bridgehead atoms. The second kappa shape index (κ2) is 10.0. The lowest BCUT2D eigenvalue weighted by atomic mass is 10.1. The Bertz CT molecular complexity index is 1050. The quantitative estimate of drug-likeness (QED) is 0.645. The van der Waals surface area contributed by atoms with Crippen LogP contribution in [-0.2, 0) is 9.59 Å². The summed E-state index contributed by atoms with van der Waals surface area (Å²) in [5.74, 6) is -1.66. The number of imide groups is 1. The molecule has 3 rings (SSSR count). The van der Waals surface area contributed by atoms with Gasteiger partial charge in [0.2, 0.25) is 5.91 Å². The molecule has 1 heterocycles. The maximum absolute atomic E-state index is 13.0. The molecule has 160 valence electrons. The summed E-state index contributed by atoms with van der Waals surface area (Å²) in [5, 5.41) is 4.65. The van der Waals surface area contributed by atoms with E-state index in [-0.39, 0.29) is 30.4 Å². The van der Waals surface area contributed by atoms with Crippen LogP contribution in [0.15, 0.2) is 53.4 Å². The van der Waals surface area contributed by atoms with Crippen molar-refractivity contribution < 1.29 is 23.6 Å². The van der Waals surface area contributed by atoms with E-state index < -0.39 is 22.9 Å². The minimum absolute atomic E-state index is 0.00297. The molecule has 1 aliphatic heterocycles. The number of nitrogens with zero attached hydrogens (tertiary/aromatic N) is 1. The van der Waals surface area contributed by atoms with E-state index in [9.17, 15) is 23.6 Å². The van der Waals surface area contributed by atoms with Gasteiger partial charge in [0.15, 0.2) is 0 Å². The summed E-state index contributed by atoms with van der Waals surface area (Å²) in [6, 6.07) is 12.5. The molecule has 9 heteroatoms. The Labute approximate surface area is 182 Å². The van der Waals surface area contributed by atoms with Crippen LogP contribution < -0.4 is 10.6 Å². The molecule has 1 fully saturated rings.